The minimum atomic E-state index is -0.0700. The second-order valence-corrected chi connectivity index (χ2v) is 4.87. The van der Waals surface area contributed by atoms with Crippen LogP contribution in [-0.2, 0) is 19.0 Å². The molecule has 0 aromatic heterocycles. The van der Waals surface area contributed by atoms with Crippen LogP contribution in [0.2, 0.25) is 0 Å². The molecule has 0 radical (unpaired) electrons. The molecule has 0 N–H and O–H groups in total. The molecule has 0 aromatic carbocycles. The van der Waals surface area contributed by atoms with E-state index in [0.29, 0.717) is 38.4 Å². The van der Waals surface area contributed by atoms with E-state index in [9.17, 15) is 4.79 Å². The second kappa shape index (κ2) is 6.34. The zero-order chi connectivity index (χ0) is 13.0. The van der Waals surface area contributed by atoms with Crippen molar-refractivity contribution in [1.29, 1.82) is 0 Å². The summed E-state index contributed by atoms with van der Waals surface area (Å²) in [6.45, 7) is 5.77. The van der Waals surface area contributed by atoms with E-state index < -0.39 is 0 Å². The van der Waals surface area contributed by atoms with E-state index in [1.165, 1.54) is 0 Å². The SMILES string of the molecule is CCOCOCC1C2C=CC(C2)C1C(=O)OCC. The highest BCUT2D eigenvalue weighted by molar-refractivity contribution is 5.74. The lowest BCUT2D eigenvalue weighted by Crippen LogP contribution is -2.32. The van der Waals surface area contributed by atoms with Crippen molar-refractivity contribution in [2.75, 3.05) is 26.6 Å². The van der Waals surface area contributed by atoms with Gasteiger partial charge < -0.3 is 14.2 Å². The number of rotatable bonds is 7. The molecule has 1 fully saturated rings. The number of esters is 1. The number of ether oxygens (including phenoxy) is 3. The van der Waals surface area contributed by atoms with Gasteiger partial charge in [-0.1, -0.05) is 12.2 Å². The largest absolute Gasteiger partial charge is 0.466 e. The molecule has 0 heterocycles. The molecule has 18 heavy (non-hydrogen) atoms. The maximum Gasteiger partial charge on any atom is 0.309 e. The van der Waals surface area contributed by atoms with E-state index in [4.69, 9.17) is 14.2 Å². The van der Waals surface area contributed by atoms with Gasteiger partial charge >= 0.3 is 5.97 Å². The molecule has 2 aliphatic carbocycles. The Morgan fingerprint density at radius 3 is 2.67 bits per heavy atom. The number of carbonyl (C=O) groups is 1. The summed E-state index contributed by atoms with van der Waals surface area (Å²) >= 11 is 0. The molecule has 102 valence electrons. The third kappa shape index (κ3) is 2.75. The summed E-state index contributed by atoms with van der Waals surface area (Å²) in [6, 6.07) is 0. The van der Waals surface area contributed by atoms with Crippen molar-refractivity contribution in [2.45, 2.75) is 20.3 Å². The summed E-state index contributed by atoms with van der Waals surface area (Å²) in [6.07, 6.45) is 5.44. The predicted molar refractivity (Wildman–Crippen MR) is 66.8 cm³/mol. The van der Waals surface area contributed by atoms with Gasteiger partial charge in [-0.15, -0.1) is 0 Å². The van der Waals surface area contributed by atoms with Crippen LogP contribution in [-0.4, -0.2) is 32.6 Å². The van der Waals surface area contributed by atoms with E-state index in [1.54, 1.807) is 0 Å². The van der Waals surface area contributed by atoms with Crippen LogP contribution in [0.15, 0.2) is 12.2 Å². The molecule has 0 aromatic rings. The minimum Gasteiger partial charge on any atom is -0.466 e. The Labute approximate surface area is 108 Å². The first-order chi connectivity index (χ1) is 8.77. The van der Waals surface area contributed by atoms with Gasteiger partial charge in [0.25, 0.3) is 0 Å². The molecule has 0 aliphatic heterocycles. The molecular formula is C14H22O4. The summed E-state index contributed by atoms with van der Waals surface area (Å²) in [5, 5.41) is 0. The van der Waals surface area contributed by atoms with Crippen molar-refractivity contribution in [1.82, 2.24) is 0 Å². The highest BCUT2D eigenvalue weighted by Crippen LogP contribution is 2.48. The second-order valence-electron chi connectivity index (χ2n) is 4.87. The first kappa shape index (κ1) is 13.6. The van der Waals surface area contributed by atoms with Crippen LogP contribution in [0.5, 0.6) is 0 Å². The molecule has 4 nitrogen and oxygen atoms in total. The van der Waals surface area contributed by atoms with Crippen LogP contribution in [0.3, 0.4) is 0 Å². The molecule has 4 unspecified atom stereocenters. The summed E-state index contributed by atoms with van der Waals surface area (Å²) in [5.74, 6) is 0.959. The maximum absolute atomic E-state index is 12.0. The smallest absolute Gasteiger partial charge is 0.309 e. The standard InChI is InChI=1S/C14H22O4/c1-3-16-9-17-8-12-10-5-6-11(7-10)13(12)14(15)18-4-2/h5-6,10-13H,3-4,7-9H2,1-2H3. The highest BCUT2D eigenvalue weighted by Gasteiger charge is 2.48. The minimum absolute atomic E-state index is 0.0263. The quantitative estimate of drug-likeness (QED) is 0.302. The Kier molecular flexibility index (Phi) is 4.78. The van der Waals surface area contributed by atoms with Crippen LogP contribution in [0.1, 0.15) is 20.3 Å². The van der Waals surface area contributed by atoms with Crippen LogP contribution in [0.25, 0.3) is 0 Å². The van der Waals surface area contributed by atoms with Gasteiger partial charge in [0.05, 0.1) is 19.1 Å². The molecule has 2 rings (SSSR count). The molecule has 4 heteroatoms. The van der Waals surface area contributed by atoms with E-state index in [2.05, 4.69) is 12.2 Å². The van der Waals surface area contributed by atoms with Gasteiger partial charge in [-0.3, -0.25) is 4.79 Å². The topological polar surface area (TPSA) is 44.8 Å². The van der Waals surface area contributed by atoms with Crippen LogP contribution >= 0.6 is 0 Å². The number of allylic oxidation sites excluding steroid dienone is 2. The van der Waals surface area contributed by atoms with Gasteiger partial charge in [-0.05, 0) is 32.1 Å². The summed E-state index contributed by atoms with van der Waals surface area (Å²) in [7, 11) is 0. The van der Waals surface area contributed by atoms with E-state index in [-0.39, 0.29) is 17.8 Å². The Morgan fingerprint density at radius 1 is 1.17 bits per heavy atom. The molecule has 0 amide bonds. The molecular weight excluding hydrogens is 232 g/mol. The van der Waals surface area contributed by atoms with Gasteiger partial charge in [0, 0.05) is 12.5 Å². The van der Waals surface area contributed by atoms with E-state index in [0.717, 1.165) is 6.42 Å². The van der Waals surface area contributed by atoms with Crippen molar-refractivity contribution in [3.63, 3.8) is 0 Å². The van der Waals surface area contributed by atoms with Crippen molar-refractivity contribution in [3.8, 4) is 0 Å². The van der Waals surface area contributed by atoms with Crippen molar-refractivity contribution >= 4 is 5.97 Å². The van der Waals surface area contributed by atoms with Gasteiger partial charge in [0.15, 0.2) is 0 Å². The lowest BCUT2D eigenvalue weighted by Gasteiger charge is -2.26. The zero-order valence-electron chi connectivity index (χ0n) is 11.1. The third-order valence-electron chi connectivity index (χ3n) is 3.86. The van der Waals surface area contributed by atoms with Crippen LogP contribution < -0.4 is 0 Å². The Balaban J connectivity index is 1.90. The summed E-state index contributed by atoms with van der Waals surface area (Å²) in [5.41, 5.74) is 0. The fraction of sp³-hybridized carbons (Fsp3) is 0.786. The normalized spacial score (nSPS) is 33.0. The number of fused-ring (bicyclic) bond motifs is 2. The van der Waals surface area contributed by atoms with Gasteiger partial charge in [-0.2, -0.15) is 0 Å². The lowest BCUT2D eigenvalue weighted by molar-refractivity contribution is -0.152. The number of hydrogen-bond donors (Lipinski definition) is 0. The number of hydrogen-bond acceptors (Lipinski definition) is 4. The van der Waals surface area contributed by atoms with Crippen molar-refractivity contribution < 1.29 is 19.0 Å². The zero-order valence-corrected chi connectivity index (χ0v) is 11.1. The molecule has 1 saturated carbocycles. The van der Waals surface area contributed by atoms with Gasteiger partial charge in [0.2, 0.25) is 0 Å². The van der Waals surface area contributed by atoms with Crippen LogP contribution in [0, 0.1) is 23.7 Å². The lowest BCUT2D eigenvalue weighted by atomic mass is 9.83. The van der Waals surface area contributed by atoms with Crippen molar-refractivity contribution in [3.05, 3.63) is 12.2 Å². The monoisotopic (exact) mass is 254 g/mol. The average Bonchev–Trinajstić information content (AvgIpc) is 2.95. The summed E-state index contributed by atoms with van der Waals surface area (Å²) < 4.78 is 15.8. The molecule has 0 saturated heterocycles. The Bertz CT molecular complexity index is 313. The Hall–Kier alpha value is -0.870. The van der Waals surface area contributed by atoms with Crippen LogP contribution in [0.4, 0.5) is 0 Å². The average molecular weight is 254 g/mol. The van der Waals surface area contributed by atoms with E-state index in [1.807, 2.05) is 13.8 Å². The predicted octanol–water partition coefficient (Wildman–Crippen LogP) is 2.00. The third-order valence-corrected chi connectivity index (χ3v) is 3.86. The molecule has 2 bridgehead atoms. The van der Waals surface area contributed by atoms with Gasteiger partial charge in [-0.25, -0.2) is 0 Å². The molecule has 2 aliphatic rings. The summed E-state index contributed by atoms with van der Waals surface area (Å²) in [4.78, 5) is 12.0. The molecule has 0 spiro atoms. The highest BCUT2D eigenvalue weighted by atomic mass is 16.7. The number of carbonyl (C=O) groups excluding carboxylic acids is 1. The maximum atomic E-state index is 12.0. The van der Waals surface area contributed by atoms with Crippen molar-refractivity contribution in [2.24, 2.45) is 23.7 Å². The first-order valence-electron chi connectivity index (χ1n) is 6.78. The first-order valence-corrected chi connectivity index (χ1v) is 6.78. The Morgan fingerprint density at radius 2 is 1.94 bits per heavy atom. The fourth-order valence-electron chi connectivity index (χ4n) is 3.07. The fourth-order valence-corrected chi connectivity index (χ4v) is 3.07. The molecule has 4 atom stereocenters. The van der Waals surface area contributed by atoms with Gasteiger partial charge in [0.1, 0.15) is 6.79 Å². The van der Waals surface area contributed by atoms with E-state index >= 15 is 0 Å².